The number of aromatic amines is 1. The van der Waals surface area contributed by atoms with E-state index in [1.807, 2.05) is 49.4 Å². The number of aromatic nitrogens is 2. The van der Waals surface area contributed by atoms with E-state index >= 15 is 0 Å². The van der Waals surface area contributed by atoms with Gasteiger partial charge in [-0.05, 0) is 18.6 Å². The minimum absolute atomic E-state index is 0.672. The molecular formula is C15H11N3. The molecule has 0 unspecified atom stereocenters. The van der Waals surface area contributed by atoms with Gasteiger partial charge in [0.25, 0.3) is 0 Å². The minimum Gasteiger partial charge on any atom is -0.278 e. The van der Waals surface area contributed by atoms with Gasteiger partial charge >= 0.3 is 0 Å². The Morgan fingerprint density at radius 1 is 1.17 bits per heavy atom. The highest BCUT2D eigenvalue weighted by atomic mass is 15.1. The maximum absolute atomic E-state index is 7.12. The highest BCUT2D eigenvalue weighted by Gasteiger charge is 2.09. The van der Waals surface area contributed by atoms with Crippen LogP contribution in [0.3, 0.4) is 0 Å². The van der Waals surface area contributed by atoms with Gasteiger partial charge in [-0.1, -0.05) is 36.4 Å². The molecule has 0 saturated heterocycles. The average molecular weight is 233 g/mol. The first-order valence-corrected chi connectivity index (χ1v) is 5.71. The summed E-state index contributed by atoms with van der Waals surface area (Å²) in [5, 5.41) is 8.41. The first kappa shape index (κ1) is 10.5. The summed E-state index contributed by atoms with van der Waals surface area (Å²) in [6.07, 6.45) is 0. The summed E-state index contributed by atoms with van der Waals surface area (Å²) in [6.45, 7) is 9.07. The van der Waals surface area contributed by atoms with Gasteiger partial charge in [0.1, 0.15) is 0 Å². The van der Waals surface area contributed by atoms with E-state index in [2.05, 4.69) is 15.0 Å². The molecule has 0 spiro atoms. The molecule has 0 atom stereocenters. The molecule has 3 heteroatoms. The predicted molar refractivity (Wildman–Crippen MR) is 72.5 cm³/mol. The van der Waals surface area contributed by atoms with Crippen molar-refractivity contribution in [1.82, 2.24) is 10.2 Å². The van der Waals surface area contributed by atoms with Crippen LogP contribution < -0.4 is 0 Å². The van der Waals surface area contributed by atoms with Crippen molar-refractivity contribution >= 4 is 16.6 Å². The van der Waals surface area contributed by atoms with Gasteiger partial charge in [0.05, 0.1) is 17.8 Å². The number of H-pyrrole nitrogens is 1. The number of aryl methyl sites for hydroxylation is 1. The lowest BCUT2D eigenvalue weighted by molar-refractivity contribution is 1.12. The lowest BCUT2D eigenvalue weighted by Crippen LogP contribution is -1.78. The smallest absolute Gasteiger partial charge is 0.192 e. The molecule has 0 aliphatic carbocycles. The molecule has 0 bridgehead atoms. The Hall–Kier alpha value is -2.60. The largest absolute Gasteiger partial charge is 0.278 e. The van der Waals surface area contributed by atoms with Crippen LogP contribution in [0, 0.1) is 13.5 Å². The number of benzene rings is 2. The topological polar surface area (TPSA) is 33.0 Å². The third-order valence-corrected chi connectivity index (χ3v) is 3.05. The van der Waals surface area contributed by atoms with Gasteiger partial charge in [-0.3, -0.25) is 5.10 Å². The highest BCUT2D eigenvalue weighted by molar-refractivity contribution is 5.95. The van der Waals surface area contributed by atoms with Crippen LogP contribution in [0.15, 0.2) is 42.5 Å². The summed E-state index contributed by atoms with van der Waals surface area (Å²) in [4.78, 5) is 3.50. The van der Waals surface area contributed by atoms with E-state index in [0.29, 0.717) is 5.69 Å². The second-order valence-corrected chi connectivity index (χ2v) is 4.23. The Labute approximate surface area is 105 Å². The van der Waals surface area contributed by atoms with Gasteiger partial charge in [0.2, 0.25) is 0 Å². The Morgan fingerprint density at radius 2 is 1.94 bits per heavy atom. The number of rotatable bonds is 1. The van der Waals surface area contributed by atoms with Crippen molar-refractivity contribution in [1.29, 1.82) is 0 Å². The van der Waals surface area contributed by atoms with Crippen LogP contribution in [0.1, 0.15) is 5.56 Å². The van der Waals surface area contributed by atoms with Crippen molar-refractivity contribution in [3.63, 3.8) is 0 Å². The maximum Gasteiger partial charge on any atom is 0.192 e. The first-order chi connectivity index (χ1) is 8.79. The van der Waals surface area contributed by atoms with Crippen LogP contribution in [0.4, 0.5) is 5.69 Å². The molecule has 1 aromatic heterocycles. The van der Waals surface area contributed by atoms with Crippen LogP contribution in [0.25, 0.3) is 27.0 Å². The van der Waals surface area contributed by atoms with Gasteiger partial charge in [0, 0.05) is 10.9 Å². The third kappa shape index (κ3) is 1.56. The molecule has 3 aromatic rings. The van der Waals surface area contributed by atoms with E-state index in [4.69, 9.17) is 6.57 Å². The normalized spacial score (nSPS) is 10.4. The maximum atomic E-state index is 7.12. The zero-order chi connectivity index (χ0) is 12.5. The number of hydrogen-bond acceptors (Lipinski definition) is 1. The fraction of sp³-hybridized carbons (Fsp3) is 0.0667. The van der Waals surface area contributed by atoms with Gasteiger partial charge < -0.3 is 0 Å². The minimum atomic E-state index is 0.672. The van der Waals surface area contributed by atoms with Crippen molar-refractivity contribution in [2.45, 2.75) is 6.92 Å². The summed E-state index contributed by atoms with van der Waals surface area (Å²) in [6, 6.07) is 13.9. The zero-order valence-corrected chi connectivity index (χ0v) is 9.94. The van der Waals surface area contributed by atoms with Crippen molar-refractivity contribution in [3.8, 4) is 11.3 Å². The van der Waals surface area contributed by atoms with Gasteiger partial charge in [0.15, 0.2) is 5.69 Å². The third-order valence-electron chi connectivity index (χ3n) is 3.05. The fourth-order valence-electron chi connectivity index (χ4n) is 2.10. The average Bonchev–Trinajstić information content (AvgIpc) is 2.81. The van der Waals surface area contributed by atoms with Crippen LogP contribution in [-0.4, -0.2) is 10.2 Å². The summed E-state index contributed by atoms with van der Waals surface area (Å²) < 4.78 is 0. The molecule has 2 aromatic carbocycles. The van der Waals surface area contributed by atoms with Crippen molar-refractivity contribution in [2.24, 2.45) is 0 Å². The van der Waals surface area contributed by atoms with E-state index in [9.17, 15) is 0 Å². The summed E-state index contributed by atoms with van der Waals surface area (Å²) in [7, 11) is 0. The lowest BCUT2D eigenvalue weighted by atomic mass is 10.1. The molecule has 86 valence electrons. The summed E-state index contributed by atoms with van der Waals surface area (Å²) >= 11 is 0. The number of fused-ring (bicyclic) bond motifs is 1. The molecule has 0 aliphatic heterocycles. The molecule has 0 saturated carbocycles. The SMILES string of the molecule is [C-]#[N+]c1cc2[nH]nc(-c3ccccc3)c2cc1C. The van der Waals surface area contributed by atoms with Gasteiger partial charge in [-0.25, -0.2) is 4.85 Å². The van der Waals surface area contributed by atoms with E-state index in [-0.39, 0.29) is 0 Å². The Balaban J connectivity index is 2.28. The van der Waals surface area contributed by atoms with Crippen LogP contribution in [-0.2, 0) is 0 Å². The Kier molecular flexibility index (Phi) is 2.35. The van der Waals surface area contributed by atoms with Crippen LogP contribution in [0.2, 0.25) is 0 Å². The molecule has 3 rings (SSSR count). The molecule has 1 heterocycles. The van der Waals surface area contributed by atoms with Crippen molar-refractivity contribution in [2.75, 3.05) is 0 Å². The van der Waals surface area contributed by atoms with Gasteiger partial charge in [-0.2, -0.15) is 5.10 Å². The van der Waals surface area contributed by atoms with Crippen molar-refractivity contribution < 1.29 is 0 Å². The quantitative estimate of drug-likeness (QED) is 0.631. The zero-order valence-electron chi connectivity index (χ0n) is 9.94. The molecule has 0 amide bonds. The Bertz CT molecular complexity index is 748. The summed E-state index contributed by atoms with van der Waals surface area (Å²) in [5.41, 5.74) is 4.58. The monoisotopic (exact) mass is 233 g/mol. The molecular weight excluding hydrogens is 222 g/mol. The Morgan fingerprint density at radius 3 is 2.67 bits per heavy atom. The second-order valence-electron chi connectivity index (χ2n) is 4.23. The number of nitrogens with zero attached hydrogens (tertiary/aromatic N) is 2. The second kappa shape index (κ2) is 4.01. The van der Waals surface area contributed by atoms with Crippen molar-refractivity contribution in [3.05, 3.63) is 59.4 Å². The molecule has 18 heavy (non-hydrogen) atoms. The molecule has 0 fully saturated rings. The fourth-order valence-corrected chi connectivity index (χ4v) is 2.10. The van der Waals surface area contributed by atoms with Crippen LogP contribution >= 0.6 is 0 Å². The molecule has 1 N–H and O–H groups in total. The van der Waals surface area contributed by atoms with E-state index in [0.717, 1.165) is 27.7 Å². The molecule has 0 radical (unpaired) electrons. The first-order valence-electron chi connectivity index (χ1n) is 5.71. The molecule has 3 nitrogen and oxygen atoms in total. The van der Waals surface area contributed by atoms with E-state index in [1.54, 1.807) is 0 Å². The van der Waals surface area contributed by atoms with E-state index < -0.39 is 0 Å². The standard InChI is InChI=1S/C15H11N3/c1-10-8-12-14(9-13(10)16-2)17-18-15(12)11-6-4-3-5-7-11/h3-9H,1H3,(H,17,18). The predicted octanol–water partition coefficient (Wildman–Crippen LogP) is 4.09. The van der Waals surface area contributed by atoms with E-state index in [1.165, 1.54) is 0 Å². The van der Waals surface area contributed by atoms with Gasteiger partial charge in [-0.15, -0.1) is 0 Å². The summed E-state index contributed by atoms with van der Waals surface area (Å²) in [5.74, 6) is 0. The number of nitrogens with one attached hydrogen (secondary N) is 1. The number of hydrogen-bond donors (Lipinski definition) is 1. The van der Waals surface area contributed by atoms with Crippen LogP contribution in [0.5, 0.6) is 0 Å². The lowest BCUT2D eigenvalue weighted by Gasteiger charge is -2.00. The highest BCUT2D eigenvalue weighted by Crippen LogP contribution is 2.31. The molecule has 0 aliphatic rings.